The van der Waals surface area contributed by atoms with Gasteiger partial charge < -0.3 is 5.73 Å². The monoisotopic (exact) mass is 267 g/mol. The maximum atomic E-state index is 6.20. The molecule has 0 aliphatic carbocycles. The topological polar surface area (TPSA) is 51.8 Å². The Labute approximate surface area is 110 Å². The number of nitrogen functional groups attached to an aromatic ring is 1. The van der Waals surface area contributed by atoms with Gasteiger partial charge in [-0.2, -0.15) is 0 Å². The molecule has 0 bridgehead atoms. The van der Waals surface area contributed by atoms with Crippen molar-refractivity contribution in [1.82, 2.24) is 9.97 Å². The van der Waals surface area contributed by atoms with Crippen LogP contribution in [-0.2, 0) is 0 Å². The highest BCUT2D eigenvalue weighted by molar-refractivity contribution is 6.37. The van der Waals surface area contributed by atoms with Gasteiger partial charge in [-0.15, -0.1) is 0 Å². The van der Waals surface area contributed by atoms with E-state index in [4.69, 9.17) is 28.9 Å². The van der Waals surface area contributed by atoms with Crippen molar-refractivity contribution in [2.75, 3.05) is 5.73 Å². The van der Waals surface area contributed by atoms with E-state index in [1.807, 2.05) is 26.0 Å². The van der Waals surface area contributed by atoms with Gasteiger partial charge in [0.15, 0.2) is 0 Å². The summed E-state index contributed by atoms with van der Waals surface area (Å²) in [7, 11) is 0. The van der Waals surface area contributed by atoms with Crippen LogP contribution in [0.25, 0.3) is 11.3 Å². The molecule has 0 amide bonds. The van der Waals surface area contributed by atoms with Crippen molar-refractivity contribution < 1.29 is 0 Å². The second kappa shape index (κ2) is 4.51. The lowest BCUT2D eigenvalue weighted by atomic mass is 10.0. The molecule has 0 unspecified atom stereocenters. The second-order valence-electron chi connectivity index (χ2n) is 3.84. The van der Waals surface area contributed by atoms with Crippen molar-refractivity contribution in [2.45, 2.75) is 13.8 Å². The first-order valence-corrected chi connectivity index (χ1v) is 5.79. The minimum Gasteiger partial charge on any atom is -0.382 e. The highest BCUT2D eigenvalue weighted by Gasteiger charge is 2.13. The van der Waals surface area contributed by atoms with Crippen molar-refractivity contribution >= 4 is 29.0 Å². The molecule has 1 heterocycles. The molecule has 0 radical (unpaired) electrons. The summed E-state index contributed by atoms with van der Waals surface area (Å²) in [6, 6.07) is 3.84. The molecule has 1 aromatic heterocycles. The summed E-state index contributed by atoms with van der Waals surface area (Å²) < 4.78 is 0. The molecule has 0 atom stereocenters. The van der Waals surface area contributed by atoms with Gasteiger partial charge in [0.1, 0.15) is 17.2 Å². The zero-order valence-electron chi connectivity index (χ0n) is 9.46. The molecule has 0 aliphatic heterocycles. The summed E-state index contributed by atoms with van der Waals surface area (Å²) in [6.07, 6.45) is 1.38. The largest absolute Gasteiger partial charge is 0.382 e. The SMILES string of the molecule is Cc1cc(Cl)c(-c2ncnc(N)c2Cl)cc1C. The number of nitrogens with zero attached hydrogens (tertiary/aromatic N) is 2. The molecular weight excluding hydrogens is 257 g/mol. The zero-order valence-corrected chi connectivity index (χ0v) is 11.0. The van der Waals surface area contributed by atoms with E-state index in [0.29, 0.717) is 15.7 Å². The highest BCUT2D eigenvalue weighted by Crippen LogP contribution is 2.34. The lowest BCUT2D eigenvalue weighted by Crippen LogP contribution is -1.96. The third-order valence-corrected chi connectivity index (χ3v) is 3.34. The number of anilines is 1. The Morgan fingerprint density at radius 3 is 2.41 bits per heavy atom. The highest BCUT2D eigenvalue weighted by atomic mass is 35.5. The molecule has 3 nitrogen and oxygen atoms in total. The average molecular weight is 268 g/mol. The van der Waals surface area contributed by atoms with Gasteiger partial charge in [-0.25, -0.2) is 9.97 Å². The number of hydrogen-bond donors (Lipinski definition) is 1. The molecule has 0 aliphatic rings. The van der Waals surface area contributed by atoms with Gasteiger partial charge in [0, 0.05) is 5.56 Å². The molecule has 0 fully saturated rings. The van der Waals surface area contributed by atoms with Crippen LogP contribution in [0.5, 0.6) is 0 Å². The summed E-state index contributed by atoms with van der Waals surface area (Å²) in [4.78, 5) is 7.96. The van der Waals surface area contributed by atoms with E-state index in [1.54, 1.807) is 0 Å². The number of benzene rings is 1. The van der Waals surface area contributed by atoms with Gasteiger partial charge in [0.25, 0.3) is 0 Å². The Morgan fingerprint density at radius 1 is 1.06 bits per heavy atom. The molecule has 1 aromatic carbocycles. The Bertz CT molecular complexity index is 582. The molecule has 5 heteroatoms. The van der Waals surface area contributed by atoms with E-state index in [2.05, 4.69) is 9.97 Å². The van der Waals surface area contributed by atoms with Crippen LogP contribution in [0.3, 0.4) is 0 Å². The van der Waals surface area contributed by atoms with E-state index in [1.165, 1.54) is 6.33 Å². The zero-order chi connectivity index (χ0) is 12.6. The number of aromatic nitrogens is 2. The quantitative estimate of drug-likeness (QED) is 0.858. The maximum absolute atomic E-state index is 6.20. The van der Waals surface area contributed by atoms with Crippen molar-refractivity contribution in [1.29, 1.82) is 0 Å². The van der Waals surface area contributed by atoms with Crippen LogP contribution in [0.15, 0.2) is 18.5 Å². The van der Waals surface area contributed by atoms with Gasteiger partial charge in [-0.1, -0.05) is 23.2 Å². The van der Waals surface area contributed by atoms with Crippen LogP contribution in [0.1, 0.15) is 11.1 Å². The normalized spacial score (nSPS) is 10.6. The smallest absolute Gasteiger partial charge is 0.146 e. The van der Waals surface area contributed by atoms with Gasteiger partial charge in [-0.05, 0) is 37.1 Å². The number of halogens is 2. The van der Waals surface area contributed by atoms with Crippen molar-refractivity contribution in [3.05, 3.63) is 39.6 Å². The molecule has 88 valence electrons. The Balaban J connectivity index is 2.69. The molecular formula is C12H11Cl2N3. The van der Waals surface area contributed by atoms with Gasteiger partial charge >= 0.3 is 0 Å². The van der Waals surface area contributed by atoms with Gasteiger partial charge in [0.2, 0.25) is 0 Å². The van der Waals surface area contributed by atoms with E-state index in [-0.39, 0.29) is 5.82 Å². The molecule has 0 saturated carbocycles. The fraction of sp³-hybridized carbons (Fsp3) is 0.167. The predicted molar refractivity (Wildman–Crippen MR) is 71.4 cm³/mol. The minimum atomic E-state index is 0.256. The van der Waals surface area contributed by atoms with Crippen molar-refractivity contribution in [3.8, 4) is 11.3 Å². The van der Waals surface area contributed by atoms with Crippen LogP contribution in [0.2, 0.25) is 10.0 Å². The Kier molecular flexibility index (Phi) is 3.22. The van der Waals surface area contributed by atoms with Crippen molar-refractivity contribution in [2.24, 2.45) is 0 Å². The molecule has 2 rings (SSSR count). The number of aryl methyl sites for hydroxylation is 2. The minimum absolute atomic E-state index is 0.256. The van der Waals surface area contributed by atoms with E-state index in [0.717, 1.165) is 16.7 Å². The summed E-state index contributed by atoms with van der Waals surface area (Å²) in [6.45, 7) is 4.01. The van der Waals surface area contributed by atoms with Crippen LogP contribution < -0.4 is 5.73 Å². The summed E-state index contributed by atoms with van der Waals surface area (Å²) >= 11 is 12.3. The second-order valence-corrected chi connectivity index (χ2v) is 4.62. The third-order valence-electron chi connectivity index (χ3n) is 2.65. The summed E-state index contributed by atoms with van der Waals surface area (Å²) in [5.41, 5.74) is 9.23. The fourth-order valence-electron chi connectivity index (χ4n) is 1.53. The first-order chi connectivity index (χ1) is 8.00. The number of nitrogens with two attached hydrogens (primary N) is 1. The number of hydrogen-bond acceptors (Lipinski definition) is 3. The molecule has 17 heavy (non-hydrogen) atoms. The summed E-state index contributed by atoms with van der Waals surface area (Å²) in [5, 5.41) is 0.936. The van der Waals surface area contributed by atoms with Crippen molar-refractivity contribution in [3.63, 3.8) is 0 Å². The summed E-state index contributed by atoms with van der Waals surface area (Å²) in [5.74, 6) is 0.256. The lowest BCUT2D eigenvalue weighted by molar-refractivity contribution is 1.18. The Morgan fingerprint density at radius 2 is 1.71 bits per heavy atom. The maximum Gasteiger partial charge on any atom is 0.146 e. The van der Waals surface area contributed by atoms with E-state index >= 15 is 0 Å². The van der Waals surface area contributed by atoms with Crippen LogP contribution in [0, 0.1) is 13.8 Å². The molecule has 2 N–H and O–H groups in total. The van der Waals surface area contributed by atoms with E-state index in [9.17, 15) is 0 Å². The lowest BCUT2D eigenvalue weighted by Gasteiger charge is -2.09. The molecule has 0 saturated heterocycles. The van der Waals surface area contributed by atoms with Crippen LogP contribution >= 0.6 is 23.2 Å². The van der Waals surface area contributed by atoms with Gasteiger partial charge in [0.05, 0.1) is 10.7 Å². The van der Waals surface area contributed by atoms with Crippen LogP contribution in [0.4, 0.5) is 5.82 Å². The van der Waals surface area contributed by atoms with Crippen LogP contribution in [-0.4, -0.2) is 9.97 Å². The Hall–Kier alpha value is -1.32. The number of rotatable bonds is 1. The first-order valence-electron chi connectivity index (χ1n) is 5.03. The average Bonchev–Trinajstić information content (AvgIpc) is 2.28. The predicted octanol–water partition coefficient (Wildman–Crippen LogP) is 3.65. The van der Waals surface area contributed by atoms with Gasteiger partial charge in [-0.3, -0.25) is 0 Å². The fourth-order valence-corrected chi connectivity index (χ4v) is 2.04. The molecule has 0 spiro atoms. The standard InChI is InChI=1S/C12H11Cl2N3/c1-6-3-8(9(13)4-7(6)2)11-10(14)12(15)17-5-16-11/h3-5H,1-2H3,(H2,15,16,17). The third kappa shape index (κ3) is 2.21. The first kappa shape index (κ1) is 12.1. The molecule has 2 aromatic rings. The van der Waals surface area contributed by atoms with E-state index < -0.39 is 0 Å².